The fourth-order valence-corrected chi connectivity index (χ4v) is 3.30. The van der Waals surface area contributed by atoms with Gasteiger partial charge >= 0.3 is 0 Å². The summed E-state index contributed by atoms with van der Waals surface area (Å²) in [7, 11) is 0. The Morgan fingerprint density at radius 1 is 1.09 bits per heavy atom. The largest absolute Gasteiger partial charge is 0.366 e. The Balaban J connectivity index is 1.66. The molecule has 2 aliphatic rings. The van der Waals surface area contributed by atoms with Gasteiger partial charge in [-0.1, -0.05) is 39.5 Å². The number of ether oxygens (including phenoxy) is 3. The third kappa shape index (κ3) is 6.31. The number of hydrogen-bond donors (Lipinski definition) is 2. The predicted molar refractivity (Wildman–Crippen MR) is 89.8 cm³/mol. The molecule has 2 saturated heterocycles. The lowest BCUT2D eigenvalue weighted by Gasteiger charge is -2.18. The Hall–Kier alpha value is -0.200. The fraction of sp³-hybridized carbons (Fsp3) is 1.00. The lowest BCUT2D eigenvalue weighted by Crippen LogP contribution is -2.32. The minimum atomic E-state index is -0.620. The van der Waals surface area contributed by atoms with E-state index in [1.165, 1.54) is 25.7 Å². The summed E-state index contributed by atoms with van der Waals surface area (Å²) in [5, 5.41) is 9.43. The van der Waals surface area contributed by atoms with Crippen LogP contribution in [0, 0.1) is 5.92 Å². The van der Waals surface area contributed by atoms with Crippen LogP contribution >= 0.6 is 0 Å². The predicted octanol–water partition coefficient (Wildman–Crippen LogP) is 2.94. The van der Waals surface area contributed by atoms with Crippen LogP contribution in [0.2, 0.25) is 0 Å². The van der Waals surface area contributed by atoms with Gasteiger partial charge in [0.1, 0.15) is 12.2 Å². The second-order valence-electron chi connectivity index (χ2n) is 7.18. The van der Waals surface area contributed by atoms with Crippen LogP contribution in [0.4, 0.5) is 0 Å². The quantitative estimate of drug-likeness (QED) is 0.508. The van der Waals surface area contributed by atoms with Gasteiger partial charge in [-0.05, 0) is 32.6 Å². The van der Waals surface area contributed by atoms with E-state index < -0.39 is 6.29 Å². The Morgan fingerprint density at radius 3 is 2.17 bits per heavy atom. The zero-order chi connectivity index (χ0) is 16.8. The maximum atomic E-state index is 9.43. The minimum absolute atomic E-state index is 0.0251. The highest BCUT2D eigenvalue weighted by atomic mass is 16.8. The first-order valence-corrected chi connectivity index (χ1v) is 9.46. The highest BCUT2D eigenvalue weighted by molar-refractivity contribution is 4.90. The van der Waals surface area contributed by atoms with Gasteiger partial charge in [0.25, 0.3) is 0 Å². The summed E-state index contributed by atoms with van der Waals surface area (Å²) in [6.07, 6.45) is 8.75. The summed E-state index contributed by atoms with van der Waals surface area (Å²) in [6.45, 7) is 6.41. The van der Waals surface area contributed by atoms with E-state index in [0.717, 1.165) is 25.7 Å². The van der Waals surface area contributed by atoms with Gasteiger partial charge in [0.15, 0.2) is 12.6 Å². The van der Waals surface area contributed by atoms with Gasteiger partial charge in [-0.15, -0.1) is 0 Å². The van der Waals surface area contributed by atoms with E-state index in [-0.39, 0.29) is 30.5 Å². The molecule has 0 aliphatic carbocycles. The molecule has 2 aliphatic heterocycles. The normalized spacial score (nSPS) is 32.1. The minimum Gasteiger partial charge on any atom is -0.366 e. The smallest absolute Gasteiger partial charge is 0.184 e. The monoisotopic (exact) mass is 329 g/mol. The van der Waals surface area contributed by atoms with Crippen molar-refractivity contribution in [2.24, 2.45) is 11.7 Å². The second kappa shape index (κ2) is 9.33. The first-order valence-electron chi connectivity index (χ1n) is 9.46. The van der Waals surface area contributed by atoms with E-state index in [9.17, 15) is 5.11 Å². The molecule has 0 spiro atoms. The van der Waals surface area contributed by atoms with Crippen molar-refractivity contribution >= 4 is 0 Å². The number of unbranched alkanes of at least 4 members (excludes halogenated alkanes) is 2. The molecule has 136 valence electrons. The number of hydrogen-bond acceptors (Lipinski definition) is 5. The van der Waals surface area contributed by atoms with Gasteiger partial charge in [-0.3, -0.25) is 0 Å². The van der Waals surface area contributed by atoms with E-state index in [4.69, 9.17) is 19.9 Å². The van der Waals surface area contributed by atoms with Crippen molar-refractivity contribution in [1.82, 2.24) is 0 Å². The maximum Gasteiger partial charge on any atom is 0.184 e. The molecule has 0 bridgehead atoms. The number of aliphatic hydroxyl groups excluding tert-OH is 1. The molecule has 2 rings (SSSR count). The molecule has 0 aromatic rings. The maximum absolute atomic E-state index is 9.43. The van der Waals surface area contributed by atoms with Gasteiger partial charge in [-0.25, -0.2) is 0 Å². The number of nitrogens with two attached hydrogens (primary N) is 1. The van der Waals surface area contributed by atoms with E-state index in [2.05, 4.69) is 13.8 Å². The molecule has 23 heavy (non-hydrogen) atoms. The average molecular weight is 329 g/mol. The molecule has 5 nitrogen and oxygen atoms in total. The van der Waals surface area contributed by atoms with Gasteiger partial charge < -0.3 is 25.1 Å². The van der Waals surface area contributed by atoms with Crippen LogP contribution in [-0.2, 0) is 14.2 Å². The van der Waals surface area contributed by atoms with Crippen molar-refractivity contribution in [2.75, 3.05) is 0 Å². The topological polar surface area (TPSA) is 80.5 Å². The Kier molecular flexibility index (Phi) is 7.76. The Labute approximate surface area is 140 Å². The molecule has 0 aromatic heterocycles. The first-order chi connectivity index (χ1) is 11.1. The van der Waals surface area contributed by atoms with E-state index >= 15 is 0 Å². The highest BCUT2D eigenvalue weighted by Gasteiger charge is 2.47. The van der Waals surface area contributed by atoms with Gasteiger partial charge in [0.2, 0.25) is 0 Å². The van der Waals surface area contributed by atoms with Crippen molar-refractivity contribution < 1.29 is 19.3 Å². The molecule has 0 saturated carbocycles. The molecule has 0 aromatic carbocycles. The fourth-order valence-electron chi connectivity index (χ4n) is 3.30. The van der Waals surface area contributed by atoms with Gasteiger partial charge in [0.05, 0.1) is 6.10 Å². The molecule has 6 unspecified atom stereocenters. The summed E-state index contributed by atoms with van der Waals surface area (Å²) in [5.41, 5.74) is 6.01. The van der Waals surface area contributed by atoms with Crippen LogP contribution in [0.15, 0.2) is 0 Å². The molecule has 6 atom stereocenters. The van der Waals surface area contributed by atoms with Crippen LogP contribution < -0.4 is 5.73 Å². The Bertz CT molecular complexity index is 331. The van der Waals surface area contributed by atoms with Crippen LogP contribution in [0.5, 0.6) is 0 Å². The summed E-state index contributed by atoms with van der Waals surface area (Å²) >= 11 is 0. The van der Waals surface area contributed by atoms with Crippen LogP contribution in [0.3, 0.4) is 0 Å². The molecule has 0 radical (unpaired) electrons. The molecule has 2 heterocycles. The van der Waals surface area contributed by atoms with Crippen molar-refractivity contribution in [1.29, 1.82) is 0 Å². The van der Waals surface area contributed by atoms with Crippen LogP contribution in [0.25, 0.3) is 0 Å². The third-order valence-corrected chi connectivity index (χ3v) is 5.00. The molecular weight excluding hydrogens is 294 g/mol. The second-order valence-corrected chi connectivity index (χ2v) is 7.18. The number of epoxide rings is 2. The van der Waals surface area contributed by atoms with Crippen LogP contribution in [-0.4, -0.2) is 42.0 Å². The van der Waals surface area contributed by atoms with Crippen molar-refractivity contribution in [3.05, 3.63) is 0 Å². The van der Waals surface area contributed by atoms with Crippen molar-refractivity contribution in [3.63, 3.8) is 0 Å². The lowest BCUT2D eigenvalue weighted by atomic mass is 9.92. The molecule has 2 fully saturated rings. The summed E-state index contributed by atoms with van der Waals surface area (Å²) < 4.78 is 17.0. The SMILES string of the molecule is CCCCC(CCCC)OC1OC1CCC(C(C)N)C1OC1O. The number of rotatable bonds is 13. The zero-order valence-electron chi connectivity index (χ0n) is 14.9. The number of aliphatic hydroxyl groups is 1. The van der Waals surface area contributed by atoms with Crippen molar-refractivity contribution in [3.8, 4) is 0 Å². The van der Waals surface area contributed by atoms with Gasteiger partial charge in [0, 0.05) is 12.0 Å². The molecular formula is C18H35NO4. The lowest BCUT2D eigenvalue weighted by molar-refractivity contribution is -0.0210. The van der Waals surface area contributed by atoms with E-state index in [1.54, 1.807) is 0 Å². The standard InChI is InChI=1S/C18H35NO4/c1-4-6-8-13(9-7-5-2)21-18-15(22-18)11-10-14(12(3)19)16-17(20)23-16/h12-18,20H,4-11,19H2,1-3H3. The molecule has 5 heteroatoms. The first kappa shape index (κ1) is 19.1. The molecule has 0 amide bonds. The van der Waals surface area contributed by atoms with Crippen LogP contribution in [0.1, 0.15) is 72.1 Å². The summed E-state index contributed by atoms with van der Waals surface area (Å²) in [4.78, 5) is 0. The average Bonchev–Trinajstić information content (AvgIpc) is 3.41. The summed E-state index contributed by atoms with van der Waals surface area (Å²) in [6, 6.07) is 0.0251. The zero-order valence-corrected chi connectivity index (χ0v) is 14.9. The third-order valence-electron chi connectivity index (χ3n) is 5.00. The Morgan fingerprint density at radius 2 is 1.70 bits per heavy atom. The molecule has 3 N–H and O–H groups in total. The summed E-state index contributed by atoms with van der Waals surface area (Å²) in [5.74, 6) is 0.200. The van der Waals surface area contributed by atoms with Crippen molar-refractivity contribution in [2.45, 2.75) is 109 Å². The van der Waals surface area contributed by atoms with E-state index in [0.29, 0.717) is 6.10 Å². The van der Waals surface area contributed by atoms with Gasteiger partial charge in [-0.2, -0.15) is 0 Å². The highest BCUT2D eigenvalue weighted by Crippen LogP contribution is 2.36. The van der Waals surface area contributed by atoms with E-state index in [1.807, 2.05) is 6.92 Å².